The first-order chi connectivity index (χ1) is 10.9. The summed E-state index contributed by atoms with van der Waals surface area (Å²) in [4.78, 5) is 22.8. The fourth-order valence-corrected chi connectivity index (χ4v) is 2.97. The molecule has 8 heteroatoms. The molecule has 0 bridgehead atoms. The van der Waals surface area contributed by atoms with Crippen LogP contribution in [0.2, 0.25) is 10.0 Å². The van der Waals surface area contributed by atoms with E-state index in [0.29, 0.717) is 15.8 Å². The summed E-state index contributed by atoms with van der Waals surface area (Å²) >= 11 is 13.2. The lowest BCUT2D eigenvalue weighted by Crippen LogP contribution is -2.44. The highest BCUT2D eigenvalue weighted by molar-refractivity contribution is 7.99. The van der Waals surface area contributed by atoms with Crippen LogP contribution in [0.25, 0.3) is 0 Å². The molecule has 0 aliphatic carbocycles. The molecule has 1 amide bonds. The molecule has 0 spiro atoms. The molecular formula is C15H17Cl2NO4S. The Morgan fingerprint density at radius 3 is 2.78 bits per heavy atom. The average molecular weight is 378 g/mol. The van der Waals surface area contributed by atoms with Crippen molar-refractivity contribution in [2.75, 3.05) is 19.0 Å². The van der Waals surface area contributed by atoms with Crippen molar-refractivity contribution in [1.29, 1.82) is 0 Å². The Kier molecular flexibility index (Phi) is 9.09. The molecule has 0 radical (unpaired) electrons. The Labute approximate surface area is 149 Å². The van der Waals surface area contributed by atoms with E-state index < -0.39 is 12.0 Å². The molecule has 2 N–H and O–H groups in total. The minimum absolute atomic E-state index is 0.110. The SMILES string of the molecule is C=CCOCC(NC(=O)CSCc1ccc(Cl)cc1Cl)C(=O)O. The highest BCUT2D eigenvalue weighted by Crippen LogP contribution is 2.24. The lowest BCUT2D eigenvalue weighted by atomic mass is 10.2. The van der Waals surface area contributed by atoms with Crippen molar-refractivity contribution in [2.45, 2.75) is 11.8 Å². The number of amides is 1. The maximum absolute atomic E-state index is 11.8. The van der Waals surface area contributed by atoms with Crippen LogP contribution >= 0.6 is 35.0 Å². The molecule has 0 heterocycles. The fourth-order valence-electron chi connectivity index (χ4n) is 1.57. The summed E-state index contributed by atoms with van der Waals surface area (Å²) in [5.74, 6) is -0.888. The number of carbonyl (C=O) groups is 2. The molecule has 0 fully saturated rings. The van der Waals surface area contributed by atoms with Gasteiger partial charge in [0.15, 0.2) is 6.04 Å². The van der Waals surface area contributed by atoms with E-state index in [0.717, 1.165) is 5.56 Å². The maximum atomic E-state index is 11.8. The largest absolute Gasteiger partial charge is 0.480 e. The van der Waals surface area contributed by atoms with Crippen molar-refractivity contribution < 1.29 is 19.4 Å². The van der Waals surface area contributed by atoms with Gasteiger partial charge in [0, 0.05) is 15.8 Å². The number of hydrogen-bond acceptors (Lipinski definition) is 4. The molecule has 0 aromatic heterocycles. The van der Waals surface area contributed by atoms with E-state index in [2.05, 4.69) is 11.9 Å². The number of rotatable bonds is 10. The Hall–Kier alpha value is -1.21. The summed E-state index contributed by atoms with van der Waals surface area (Å²) in [6, 6.07) is 4.07. The molecule has 0 saturated carbocycles. The zero-order chi connectivity index (χ0) is 17.2. The van der Waals surface area contributed by atoms with Crippen molar-refractivity contribution in [3.05, 3.63) is 46.5 Å². The third kappa shape index (κ3) is 7.74. The zero-order valence-electron chi connectivity index (χ0n) is 12.3. The van der Waals surface area contributed by atoms with Gasteiger partial charge in [0.05, 0.1) is 19.0 Å². The van der Waals surface area contributed by atoms with E-state index in [4.69, 9.17) is 33.0 Å². The second kappa shape index (κ2) is 10.5. The monoisotopic (exact) mass is 377 g/mol. The van der Waals surface area contributed by atoms with Gasteiger partial charge in [-0.05, 0) is 17.7 Å². The van der Waals surface area contributed by atoms with Gasteiger partial charge in [-0.25, -0.2) is 4.79 Å². The van der Waals surface area contributed by atoms with Gasteiger partial charge < -0.3 is 15.2 Å². The van der Waals surface area contributed by atoms with Crippen molar-refractivity contribution in [2.24, 2.45) is 0 Å². The minimum Gasteiger partial charge on any atom is -0.480 e. The fraction of sp³-hybridized carbons (Fsp3) is 0.333. The van der Waals surface area contributed by atoms with Crippen LogP contribution in [-0.2, 0) is 20.1 Å². The van der Waals surface area contributed by atoms with Crippen LogP contribution < -0.4 is 5.32 Å². The van der Waals surface area contributed by atoms with Crippen LogP contribution in [0.5, 0.6) is 0 Å². The maximum Gasteiger partial charge on any atom is 0.328 e. The number of nitrogens with one attached hydrogen (secondary N) is 1. The highest BCUT2D eigenvalue weighted by Gasteiger charge is 2.19. The molecule has 1 aromatic rings. The van der Waals surface area contributed by atoms with Gasteiger partial charge >= 0.3 is 5.97 Å². The molecule has 0 saturated heterocycles. The molecule has 1 aromatic carbocycles. The van der Waals surface area contributed by atoms with E-state index >= 15 is 0 Å². The number of carboxylic acids is 1. The second-order valence-corrected chi connectivity index (χ2v) is 6.34. The third-order valence-corrected chi connectivity index (χ3v) is 4.23. The van der Waals surface area contributed by atoms with Crippen LogP contribution in [0.1, 0.15) is 5.56 Å². The predicted octanol–water partition coefficient (Wildman–Crippen LogP) is 3.00. The van der Waals surface area contributed by atoms with Gasteiger partial charge in [0.2, 0.25) is 5.91 Å². The number of aliphatic carboxylic acids is 1. The van der Waals surface area contributed by atoms with E-state index in [-0.39, 0.29) is 24.9 Å². The van der Waals surface area contributed by atoms with E-state index in [9.17, 15) is 9.59 Å². The first-order valence-electron chi connectivity index (χ1n) is 6.66. The summed E-state index contributed by atoms with van der Waals surface area (Å²) < 4.78 is 5.06. The summed E-state index contributed by atoms with van der Waals surface area (Å²) in [5, 5.41) is 12.5. The molecule has 1 rings (SSSR count). The average Bonchev–Trinajstić information content (AvgIpc) is 2.48. The third-order valence-electron chi connectivity index (χ3n) is 2.66. The van der Waals surface area contributed by atoms with Gasteiger partial charge in [-0.15, -0.1) is 18.3 Å². The smallest absolute Gasteiger partial charge is 0.328 e. The van der Waals surface area contributed by atoms with Crippen molar-refractivity contribution in [3.8, 4) is 0 Å². The van der Waals surface area contributed by atoms with Gasteiger partial charge in [-0.2, -0.15) is 0 Å². The quantitative estimate of drug-likeness (QED) is 0.484. The summed E-state index contributed by atoms with van der Waals surface area (Å²) in [7, 11) is 0. The summed E-state index contributed by atoms with van der Waals surface area (Å²) in [5.41, 5.74) is 0.859. The van der Waals surface area contributed by atoms with Crippen molar-refractivity contribution in [1.82, 2.24) is 5.32 Å². The van der Waals surface area contributed by atoms with Crippen LogP contribution in [-0.4, -0.2) is 42.0 Å². The normalized spacial score (nSPS) is 11.7. The Balaban J connectivity index is 2.39. The Morgan fingerprint density at radius 2 is 2.17 bits per heavy atom. The minimum atomic E-state index is -1.15. The Morgan fingerprint density at radius 1 is 1.43 bits per heavy atom. The van der Waals surface area contributed by atoms with Gasteiger partial charge in [0.25, 0.3) is 0 Å². The van der Waals surface area contributed by atoms with Crippen LogP contribution in [0.15, 0.2) is 30.9 Å². The summed E-state index contributed by atoms with van der Waals surface area (Å²) in [6.45, 7) is 3.58. The molecule has 1 atom stereocenters. The first kappa shape index (κ1) is 19.8. The number of halogens is 2. The van der Waals surface area contributed by atoms with Crippen molar-refractivity contribution >= 4 is 46.8 Å². The lowest BCUT2D eigenvalue weighted by molar-refractivity contribution is -0.143. The highest BCUT2D eigenvalue weighted by atomic mass is 35.5. The number of thioether (sulfide) groups is 1. The van der Waals surface area contributed by atoms with Crippen LogP contribution in [0, 0.1) is 0 Å². The van der Waals surface area contributed by atoms with E-state index in [1.165, 1.54) is 17.8 Å². The van der Waals surface area contributed by atoms with Gasteiger partial charge in [-0.1, -0.05) is 35.3 Å². The predicted molar refractivity (Wildman–Crippen MR) is 93.2 cm³/mol. The van der Waals surface area contributed by atoms with Crippen LogP contribution in [0.3, 0.4) is 0 Å². The number of carbonyl (C=O) groups excluding carboxylic acids is 1. The zero-order valence-corrected chi connectivity index (χ0v) is 14.6. The topological polar surface area (TPSA) is 75.6 Å². The lowest BCUT2D eigenvalue weighted by Gasteiger charge is -2.14. The molecular weight excluding hydrogens is 361 g/mol. The second-order valence-electron chi connectivity index (χ2n) is 4.51. The van der Waals surface area contributed by atoms with Gasteiger partial charge in [0.1, 0.15) is 0 Å². The van der Waals surface area contributed by atoms with E-state index in [1.807, 2.05) is 0 Å². The Bertz CT molecular complexity index is 568. The molecule has 126 valence electrons. The first-order valence-corrected chi connectivity index (χ1v) is 8.57. The van der Waals surface area contributed by atoms with E-state index in [1.54, 1.807) is 18.2 Å². The molecule has 0 aliphatic rings. The van der Waals surface area contributed by atoms with Crippen molar-refractivity contribution in [3.63, 3.8) is 0 Å². The number of carboxylic acid groups (broad SMARTS) is 1. The molecule has 1 unspecified atom stereocenters. The number of ether oxygens (including phenoxy) is 1. The molecule has 0 aliphatic heterocycles. The number of hydrogen-bond donors (Lipinski definition) is 2. The van der Waals surface area contributed by atoms with Gasteiger partial charge in [-0.3, -0.25) is 4.79 Å². The molecule has 23 heavy (non-hydrogen) atoms. The standard InChI is InChI=1S/C15H17Cl2NO4S/c1-2-5-22-7-13(15(20)21)18-14(19)9-23-8-10-3-4-11(16)6-12(10)17/h2-4,6,13H,1,5,7-9H2,(H,18,19)(H,20,21). The summed E-state index contributed by atoms with van der Waals surface area (Å²) in [6.07, 6.45) is 1.51. The van der Waals surface area contributed by atoms with Crippen LogP contribution in [0.4, 0.5) is 0 Å². The molecule has 5 nitrogen and oxygen atoms in total. The number of benzene rings is 1.